The molecule has 2 aromatic rings. The average molecular weight is 317 g/mol. The Morgan fingerprint density at radius 2 is 2.00 bits per heavy atom. The normalized spacial score (nSPS) is 14.0. The minimum absolute atomic E-state index is 0.586. The molecule has 1 aromatic heterocycles. The molecule has 0 aliphatic heterocycles. The monoisotopic (exact) mass is 316 g/mol. The average Bonchev–Trinajstić information content (AvgIpc) is 3.33. The van der Waals surface area contributed by atoms with Crippen LogP contribution in [-0.4, -0.2) is 16.5 Å². The van der Waals surface area contributed by atoms with Crippen LogP contribution in [0.25, 0.3) is 0 Å². The van der Waals surface area contributed by atoms with E-state index in [1.54, 1.807) is 0 Å². The quantitative estimate of drug-likeness (QED) is 0.832. The molecule has 1 aromatic carbocycles. The van der Waals surface area contributed by atoms with Crippen LogP contribution in [0.2, 0.25) is 5.02 Å². The zero-order valence-corrected chi connectivity index (χ0v) is 14.0. The molecule has 1 heterocycles. The summed E-state index contributed by atoms with van der Waals surface area (Å²) in [4.78, 5) is 9.16. The molecule has 4 nitrogen and oxygen atoms in total. The van der Waals surface area contributed by atoms with E-state index in [1.165, 1.54) is 12.8 Å². The van der Waals surface area contributed by atoms with E-state index in [4.69, 9.17) is 11.6 Å². The van der Waals surface area contributed by atoms with Crippen molar-refractivity contribution in [2.75, 3.05) is 17.2 Å². The Labute approximate surface area is 136 Å². The molecule has 0 bridgehead atoms. The van der Waals surface area contributed by atoms with Crippen LogP contribution in [0.1, 0.15) is 42.5 Å². The molecule has 0 atom stereocenters. The number of nitrogens with one attached hydrogen (secondary N) is 2. The van der Waals surface area contributed by atoms with E-state index in [2.05, 4.69) is 33.6 Å². The lowest BCUT2D eigenvalue weighted by molar-refractivity contribution is 0.977. The number of anilines is 3. The van der Waals surface area contributed by atoms with E-state index in [1.807, 2.05) is 26.0 Å². The highest BCUT2D eigenvalue weighted by Gasteiger charge is 2.26. The van der Waals surface area contributed by atoms with Gasteiger partial charge in [0.05, 0.1) is 5.69 Å². The van der Waals surface area contributed by atoms with Gasteiger partial charge in [-0.2, -0.15) is 4.98 Å². The van der Waals surface area contributed by atoms with E-state index in [9.17, 15) is 0 Å². The summed E-state index contributed by atoms with van der Waals surface area (Å²) in [7, 11) is 0. The molecule has 2 N–H and O–H groups in total. The third-order valence-corrected chi connectivity index (χ3v) is 4.35. The fourth-order valence-electron chi connectivity index (χ4n) is 2.50. The molecule has 1 fully saturated rings. The molecule has 116 valence electrons. The first-order valence-corrected chi connectivity index (χ1v) is 8.12. The molecule has 22 heavy (non-hydrogen) atoms. The minimum atomic E-state index is 0.586. The smallest absolute Gasteiger partial charge is 0.224 e. The van der Waals surface area contributed by atoms with Crippen molar-refractivity contribution in [1.82, 2.24) is 9.97 Å². The first-order valence-electron chi connectivity index (χ1n) is 7.74. The predicted molar refractivity (Wildman–Crippen MR) is 92.4 cm³/mol. The van der Waals surface area contributed by atoms with Crippen molar-refractivity contribution in [2.24, 2.45) is 0 Å². The number of hydrogen-bond donors (Lipinski definition) is 2. The molecule has 1 aliphatic carbocycles. The van der Waals surface area contributed by atoms with Gasteiger partial charge in [0, 0.05) is 29.2 Å². The lowest BCUT2D eigenvalue weighted by Crippen LogP contribution is -2.07. The van der Waals surface area contributed by atoms with Crippen molar-refractivity contribution in [1.29, 1.82) is 0 Å². The summed E-state index contributed by atoms with van der Waals surface area (Å²) in [5, 5.41) is 7.40. The summed E-state index contributed by atoms with van der Waals surface area (Å²) in [6, 6.07) is 6.00. The third kappa shape index (κ3) is 3.17. The van der Waals surface area contributed by atoms with Gasteiger partial charge >= 0.3 is 0 Å². The second kappa shape index (κ2) is 6.13. The fraction of sp³-hybridized carbons (Fsp3) is 0.412. The summed E-state index contributed by atoms with van der Waals surface area (Å²) in [6.45, 7) is 6.94. The molecule has 0 amide bonds. The SMILES string of the molecule is CCNc1nc(Nc2c(C)ccc(Cl)c2C)cc(C2CC2)n1. The van der Waals surface area contributed by atoms with Crippen molar-refractivity contribution >= 4 is 29.1 Å². The number of halogens is 1. The molecule has 1 aliphatic rings. The van der Waals surface area contributed by atoms with Crippen molar-refractivity contribution in [3.05, 3.63) is 40.0 Å². The Morgan fingerprint density at radius 1 is 1.23 bits per heavy atom. The van der Waals surface area contributed by atoms with Gasteiger partial charge in [-0.15, -0.1) is 0 Å². The van der Waals surface area contributed by atoms with Crippen LogP contribution >= 0.6 is 11.6 Å². The Morgan fingerprint density at radius 3 is 2.68 bits per heavy atom. The van der Waals surface area contributed by atoms with Crippen molar-refractivity contribution in [3.8, 4) is 0 Å². The van der Waals surface area contributed by atoms with Crippen LogP contribution in [0.4, 0.5) is 17.5 Å². The number of benzene rings is 1. The first kappa shape index (κ1) is 15.1. The van der Waals surface area contributed by atoms with Crippen molar-refractivity contribution in [3.63, 3.8) is 0 Å². The van der Waals surface area contributed by atoms with Gasteiger partial charge in [0.1, 0.15) is 5.82 Å². The largest absolute Gasteiger partial charge is 0.354 e. The topological polar surface area (TPSA) is 49.8 Å². The van der Waals surface area contributed by atoms with Gasteiger partial charge in [0.2, 0.25) is 5.95 Å². The van der Waals surface area contributed by atoms with Gasteiger partial charge in [0.25, 0.3) is 0 Å². The maximum atomic E-state index is 6.24. The summed E-state index contributed by atoms with van der Waals surface area (Å²) < 4.78 is 0. The van der Waals surface area contributed by atoms with E-state index in [0.717, 1.165) is 39.9 Å². The number of aromatic nitrogens is 2. The molecular weight excluding hydrogens is 296 g/mol. The van der Waals surface area contributed by atoms with E-state index in [-0.39, 0.29) is 0 Å². The van der Waals surface area contributed by atoms with Gasteiger partial charge in [-0.1, -0.05) is 17.7 Å². The number of rotatable bonds is 5. The lowest BCUT2D eigenvalue weighted by Gasteiger charge is -2.15. The maximum Gasteiger partial charge on any atom is 0.224 e. The second-order valence-electron chi connectivity index (χ2n) is 5.80. The Hall–Kier alpha value is -1.81. The van der Waals surface area contributed by atoms with E-state index in [0.29, 0.717) is 11.9 Å². The van der Waals surface area contributed by atoms with Gasteiger partial charge in [-0.25, -0.2) is 4.98 Å². The molecule has 0 spiro atoms. The van der Waals surface area contributed by atoms with E-state index >= 15 is 0 Å². The second-order valence-corrected chi connectivity index (χ2v) is 6.20. The Balaban J connectivity index is 1.96. The standard InChI is InChI=1S/C17H21ClN4/c1-4-19-17-20-14(12-6-7-12)9-15(22-17)21-16-10(2)5-8-13(18)11(16)3/h5,8-9,12H,4,6-7H2,1-3H3,(H2,19,20,21,22). The van der Waals surface area contributed by atoms with Crippen LogP contribution in [0, 0.1) is 13.8 Å². The maximum absolute atomic E-state index is 6.24. The highest BCUT2D eigenvalue weighted by atomic mass is 35.5. The third-order valence-electron chi connectivity index (χ3n) is 3.94. The first-order chi connectivity index (χ1) is 10.6. The highest BCUT2D eigenvalue weighted by molar-refractivity contribution is 6.31. The van der Waals surface area contributed by atoms with Crippen LogP contribution in [0.5, 0.6) is 0 Å². The van der Waals surface area contributed by atoms with Crippen molar-refractivity contribution in [2.45, 2.75) is 39.5 Å². The zero-order chi connectivity index (χ0) is 15.7. The molecule has 0 saturated heterocycles. The number of nitrogens with zero attached hydrogens (tertiary/aromatic N) is 2. The van der Waals surface area contributed by atoms with Gasteiger partial charge in [-0.05, 0) is 50.8 Å². The lowest BCUT2D eigenvalue weighted by atomic mass is 10.1. The zero-order valence-electron chi connectivity index (χ0n) is 13.2. The summed E-state index contributed by atoms with van der Waals surface area (Å²) in [5.41, 5.74) is 4.33. The van der Waals surface area contributed by atoms with E-state index < -0.39 is 0 Å². The summed E-state index contributed by atoms with van der Waals surface area (Å²) in [5.74, 6) is 2.09. The predicted octanol–water partition coefficient (Wildman–Crippen LogP) is 4.80. The van der Waals surface area contributed by atoms with Crippen LogP contribution in [-0.2, 0) is 0 Å². The highest BCUT2D eigenvalue weighted by Crippen LogP contribution is 2.40. The van der Waals surface area contributed by atoms with Gasteiger partial charge in [-0.3, -0.25) is 0 Å². The molecular formula is C17H21ClN4. The molecule has 3 rings (SSSR count). The Bertz CT molecular complexity index is 695. The summed E-state index contributed by atoms with van der Waals surface area (Å²) in [6.07, 6.45) is 2.44. The molecule has 0 radical (unpaired) electrons. The van der Waals surface area contributed by atoms with Crippen LogP contribution in [0.15, 0.2) is 18.2 Å². The van der Waals surface area contributed by atoms with Gasteiger partial charge < -0.3 is 10.6 Å². The summed E-state index contributed by atoms with van der Waals surface area (Å²) >= 11 is 6.24. The Kier molecular flexibility index (Phi) is 4.21. The van der Waals surface area contributed by atoms with Crippen molar-refractivity contribution < 1.29 is 0 Å². The molecule has 0 unspecified atom stereocenters. The number of hydrogen-bond acceptors (Lipinski definition) is 4. The molecule has 5 heteroatoms. The molecule has 1 saturated carbocycles. The fourth-order valence-corrected chi connectivity index (χ4v) is 2.66. The number of aryl methyl sites for hydroxylation is 1. The van der Waals surface area contributed by atoms with Crippen LogP contribution < -0.4 is 10.6 Å². The van der Waals surface area contributed by atoms with Crippen LogP contribution in [0.3, 0.4) is 0 Å². The van der Waals surface area contributed by atoms with Gasteiger partial charge in [0.15, 0.2) is 0 Å². The minimum Gasteiger partial charge on any atom is -0.354 e.